The van der Waals surface area contributed by atoms with Crippen LogP contribution in [0.1, 0.15) is 32.2 Å². The molecule has 1 N–H and O–H groups in total. The van der Waals surface area contributed by atoms with Crippen molar-refractivity contribution in [2.24, 2.45) is 0 Å². The number of aryl methyl sites for hydroxylation is 2. The highest BCUT2D eigenvalue weighted by atomic mass is 16.6. The molecule has 0 fully saturated rings. The molecule has 4 nitrogen and oxygen atoms in total. The smallest absolute Gasteiger partial charge is 0.0654 e. The van der Waals surface area contributed by atoms with E-state index in [1.165, 1.54) is 5.69 Å². The molecular formula is C10H19N3O. The second-order valence-corrected chi connectivity index (χ2v) is 3.05. The van der Waals surface area contributed by atoms with E-state index in [4.69, 9.17) is 4.84 Å². The lowest BCUT2D eigenvalue weighted by molar-refractivity contribution is 0.0448. The highest BCUT2D eigenvalue weighted by Gasteiger charge is 2.04. The van der Waals surface area contributed by atoms with E-state index >= 15 is 0 Å². The van der Waals surface area contributed by atoms with E-state index in [0.29, 0.717) is 13.2 Å². The molecule has 1 aromatic rings. The van der Waals surface area contributed by atoms with Gasteiger partial charge in [-0.3, -0.25) is 4.68 Å². The van der Waals surface area contributed by atoms with Crippen molar-refractivity contribution in [2.45, 2.75) is 40.3 Å². The maximum atomic E-state index is 5.09. The number of hydrogen-bond donors (Lipinski definition) is 1. The lowest BCUT2D eigenvalue weighted by Crippen LogP contribution is -2.16. The summed E-state index contributed by atoms with van der Waals surface area (Å²) in [5.41, 5.74) is 5.22. The quantitative estimate of drug-likeness (QED) is 0.555. The Balaban J connectivity index is 2.59. The van der Waals surface area contributed by atoms with E-state index < -0.39 is 0 Å². The first-order valence-electron chi connectivity index (χ1n) is 5.22. The lowest BCUT2D eigenvalue weighted by Gasteiger charge is -2.05. The molecule has 1 aromatic heterocycles. The Bertz CT molecular complexity index is 270. The van der Waals surface area contributed by atoms with Gasteiger partial charge in [0.2, 0.25) is 0 Å². The van der Waals surface area contributed by atoms with Gasteiger partial charge in [0.25, 0.3) is 0 Å². The van der Waals surface area contributed by atoms with Gasteiger partial charge >= 0.3 is 0 Å². The maximum absolute atomic E-state index is 5.09. The van der Waals surface area contributed by atoms with Crippen LogP contribution in [0.25, 0.3) is 0 Å². The number of nitrogens with one attached hydrogen (secondary N) is 1. The SMILES string of the molecule is CCONCc1cc(CC)nn1CC. The van der Waals surface area contributed by atoms with Crippen LogP contribution in [-0.2, 0) is 24.3 Å². The molecule has 1 rings (SSSR count). The standard InChI is InChI=1S/C10H19N3O/c1-4-9-7-10(8-11-14-6-3)13(5-2)12-9/h7,11H,4-6,8H2,1-3H3. The number of hydrogen-bond acceptors (Lipinski definition) is 3. The zero-order valence-electron chi connectivity index (χ0n) is 9.21. The predicted molar refractivity (Wildman–Crippen MR) is 55.7 cm³/mol. The molecule has 14 heavy (non-hydrogen) atoms. The van der Waals surface area contributed by atoms with Crippen LogP contribution in [0.5, 0.6) is 0 Å². The van der Waals surface area contributed by atoms with Gasteiger partial charge in [0.15, 0.2) is 0 Å². The van der Waals surface area contributed by atoms with Gasteiger partial charge in [-0.05, 0) is 26.3 Å². The first-order valence-corrected chi connectivity index (χ1v) is 5.22. The van der Waals surface area contributed by atoms with Gasteiger partial charge in [0, 0.05) is 6.54 Å². The van der Waals surface area contributed by atoms with Gasteiger partial charge in [0.1, 0.15) is 0 Å². The number of aromatic nitrogens is 2. The monoisotopic (exact) mass is 197 g/mol. The summed E-state index contributed by atoms with van der Waals surface area (Å²) in [5, 5.41) is 4.45. The molecule has 0 amide bonds. The van der Waals surface area contributed by atoms with Gasteiger partial charge in [-0.15, -0.1) is 0 Å². The molecular weight excluding hydrogens is 178 g/mol. The summed E-state index contributed by atoms with van der Waals surface area (Å²) in [5.74, 6) is 0. The molecule has 0 aliphatic heterocycles. The van der Waals surface area contributed by atoms with Crippen molar-refractivity contribution in [3.8, 4) is 0 Å². The Morgan fingerprint density at radius 2 is 2.21 bits per heavy atom. The van der Waals surface area contributed by atoms with Crippen LogP contribution in [0.15, 0.2) is 6.07 Å². The van der Waals surface area contributed by atoms with Crippen LogP contribution in [0.4, 0.5) is 0 Å². The molecule has 0 atom stereocenters. The minimum atomic E-state index is 0.681. The van der Waals surface area contributed by atoms with Crippen molar-refractivity contribution in [3.05, 3.63) is 17.5 Å². The first kappa shape index (κ1) is 11.2. The topological polar surface area (TPSA) is 39.1 Å². The third-order valence-electron chi connectivity index (χ3n) is 2.08. The van der Waals surface area contributed by atoms with E-state index in [-0.39, 0.29) is 0 Å². The second-order valence-electron chi connectivity index (χ2n) is 3.05. The van der Waals surface area contributed by atoms with Crippen molar-refractivity contribution in [3.63, 3.8) is 0 Å². The Morgan fingerprint density at radius 1 is 1.43 bits per heavy atom. The fraction of sp³-hybridized carbons (Fsp3) is 0.700. The van der Waals surface area contributed by atoms with Crippen LogP contribution < -0.4 is 5.48 Å². The van der Waals surface area contributed by atoms with Crippen LogP contribution in [-0.4, -0.2) is 16.4 Å². The molecule has 4 heteroatoms. The highest BCUT2D eigenvalue weighted by molar-refractivity contribution is 5.10. The maximum Gasteiger partial charge on any atom is 0.0654 e. The molecule has 0 unspecified atom stereocenters. The summed E-state index contributed by atoms with van der Waals surface area (Å²) in [7, 11) is 0. The van der Waals surface area contributed by atoms with E-state index in [1.54, 1.807) is 0 Å². The molecule has 0 bridgehead atoms. The van der Waals surface area contributed by atoms with E-state index in [0.717, 1.165) is 18.7 Å². The predicted octanol–water partition coefficient (Wildman–Crippen LogP) is 1.51. The zero-order chi connectivity index (χ0) is 10.4. The molecule has 0 aromatic carbocycles. The second kappa shape index (κ2) is 5.78. The number of nitrogens with zero attached hydrogens (tertiary/aromatic N) is 2. The normalized spacial score (nSPS) is 10.8. The molecule has 1 heterocycles. The van der Waals surface area contributed by atoms with Gasteiger partial charge < -0.3 is 4.84 Å². The van der Waals surface area contributed by atoms with Crippen LogP contribution in [0.2, 0.25) is 0 Å². The van der Waals surface area contributed by atoms with Crippen molar-refractivity contribution < 1.29 is 4.84 Å². The van der Waals surface area contributed by atoms with Crippen molar-refractivity contribution >= 4 is 0 Å². The summed E-state index contributed by atoms with van der Waals surface area (Å²) in [6.45, 7) is 8.47. The largest absolute Gasteiger partial charge is 0.302 e. The fourth-order valence-electron chi connectivity index (χ4n) is 1.33. The molecule has 0 radical (unpaired) electrons. The Labute approximate surface area is 85.2 Å². The fourth-order valence-corrected chi connectivity index (χ4v) is 1.33. The lowest BCUT2D eigenvalue weighted by atomic mass is 10.3. The average molecular weight is 197 g/mol. The first-order chi connectivity index (χ1) is 6.81. The molecule has 0 spiro atoms. The molecule has 80 valence electrons. The van der Waals surface area contributed by atoms with Gasteiger partial charge in [-0.2, -0.15) is 10.6 Å². The molecule has 0 aliphatic carbocycles. The van der Waals surface area contributed by atoms with Crippen LogP contribution in [0, 0.1) is 0 Å². The van der Waals surface area contributed by atoms with Gasteiger partial charge in [-0.1, -0.05) is 6.92 Å². The van der Waals surface area contributed by atoms with Crippen LogP contribution >= 0.6 is 0 Å². The number of hydroxylamine groups is 1. The Kier molecular flexibility index (Phi) is 4.62. The highest BCUT2D eigenvalue weighted by Crippen LogP contribution is 2.05. The third-order valence-corrected chi connectivity index (χ3v) is 2.08. The Morgan fingerprint density at radius 3 is 2.79 bits per heavy atom. The summed E-state index contributed by atoms with van der Waals surface area (Å²) >= 11 is 0. The minimum absolute atomic E-state index is 0.681. The van der Waals surface area contributed by atoms with Crippen molar-refractivity contribution in [1.29, 1.82) is 0 Å². The van der Waals surface area contributed by atoms with Gasteiger partial charge in [-0.25, -0.2) is 0 Å². The van der Waals surface area contributed by atoms with E-state index in [2.05, 4.69) is 30.5 Å². The van der Waals surface area contributed by atoms with Crippen molar-refractivity contribution in [1.82, 2.24) is 15.3 Å². The molecule has 0 saturated carbocycles. The van der Waals surface area contributed by atoms with Gasteiger partial charge in [0.05, 0.1) is 24.5 Å². The average Bonchev–Trinajstić information content (AvgIpc) is 2.61. The van der Waals surface area contributed by atoms with Crippen molar-refractivity contribution in [2.75, 3.05) is 6.61 Å². The van der Waals surface area contributed by atoms with Crippen LogP contribution in [0.3, 0.4) is 0 Å². The summed E-state index contributed by atoms with van der Waals surface area (Å²) in [4.78, 5) is 5.09. The summed E-state index contributed by atoms with van der Waals surface area (Å²) < 4.78 is 2.00. The molecule has 0 aliphatic rings. The van der Waals surface area contributed by atoms with E-state index in [9.17, 15) is 0 Å². The Hall–Kier alpha value is -0.870. The van der Waals surface area contributed by atoms with E-state index in [1.807, 2.05) is 11.6 Å². The zero-order valence-corrected chi connectivity index (χ0v) is 9.21. The number of rotatable bonds is 6. The third kappa shape index (κ3) is 2.82. The minimum Gasteiger partial charge on any atom is -0.302 e. The molecule has 0 saturated heterocycles. The summed E-state index contributed by atoms with van der Waals surface area (Å²) in [6.07, 6.45) is 0.981. The summed E-state index contributed by atoms with van der Waals surface area (Å²) in [6, 6.07) is 2.12.